The van der Waals surface area contributed by atoms with Gasteiger partial charge in [-0.25, -0.2) is 4.79 Å². The van der Waals surface area contributed by atoms with Crippen LogP contribution in [0.25, 0.3) is 5.57 Å². The van der Waals surface area contributed by atoms with Gasteiger partial charge < -0.3 is 9.47 Å². The second-order valence-corrected chi connectivity index (χ2v) is 6.13. The second kappa shape index (κ2) is 7.95. The number of hydrogen-bond donors (Lipinski definition) is 0. The molecular weight excluding hydrogens is 344 g/mol. The lowest BCUT2D eigenvalue weighted by Gasteiger charge is -2.17. The molecule has 3 amide bonds. The van der Waals surface area contributed by atoms with Crippen LogP contribution in [0.2, 0.25) is 0 Å². The first kappa shape index (κ1) is 18.5. The molecule has 6 heteroatoms. The molecule has 0 bridgehead atoms. The molecule has 1 saturated heterocycles. The lowest BCUT2D eigenvalue weighted by molar-refractivity contribution is -0.125. The van der Waals surface area contributed by atoms with Crippen molar-refractivity contribution in [2.45, 2.75) is 6.92 Å². The van der Waals surface area contributed by atoms with Gasteiger partial charge >= 0.3 is 6.03 Å². The number of imide groups is 1. The van der Waals surface area contributed by atoms with E-state index in [0.717, 1.165) is 16.7 Å². The molecule has 0 saturated carbocycles. The van der Waals surface area contributed by atoms with Crippen LogP contribution in [0.1, 0.15) is 18.1 Å². The highest BCUT2D eigenvalue weighted by molar-refractivity contribution is 5.96. The van der Waals surface area contributed by atoms with Crippen LogP contribution >= 0.6 is 0 Å². The topological polar surface area (TPSA) is 59.1 Å². The summed E-state index contributed by atoms with van der Waals surface area (Å²) in [4.78, 5) is 26.9. The maximum absolute atomic E-state index is 12.5. The fraction of sp³-hybridized carbons (Fsp3) is 0.238. The molecule has 0 aromatic heterocycles. The van der Waals surface area contributed by atoms with Crippen LogP contribution < -0.4 is 9.47 Å². The molecule has 2 aromatic carbocycles. The third-order valence-electron chi connectivity index (χ3n) is 4.49. The standard InChI is InChI=1S/C21H22N2O4/c1-15(24)23-12-11-22(21(23)25)14-18(16-7-5-4-6-8-16)17-9-10-19(26-2)20(13-17)27-3/h4-10,13-14H,11-12H2,1-3H3. The summed E-state index contributed by atoms with van der Waals surface area (Å²) in [5, 5.41) is 0. The predicted octanol–water partition coefficient (Wildman–Crippen LogP) is 3.38. The van der Waals surface area contributed by atoms with Crippen LogP contribution in [0.15, 0.2) is 54.7 Å². The van der Waals surface area contributed by atoms with Crippen molar-refractivity contribution in [1.82, 2.24) is 9.80 Å². The number of ether oxygens (including phenoxy) is 2. The number of hydrogen-bond acceptors (Lipinski definition) is 4. The number of methoxy groups -OCH3 is 2. The van der Waals surface area contributed by atoms with E-state index in [2.05, 4.69) is 0 Å². The van der Waals surface area contributed by atoms with E-state index in [1.54, 1.807) is 25.3 Å². The number of carbonyl (C=O) groups excluding carboxylic acids is 2. The van der Waals surface area contributed by atoms with Gasteiger partial charge in [0.15, 0.2) is 11.5 Å². The highest BCUT2D eigenvalue weighted by Crippen LogP contribution is 2.33. The molecule has 0 aliphatic carbocycles. The molecule has 1 heterocycles. The molecule has 1 aliphatic rings. The van der Waals surface area contributed by atoms with Crippen molar-refractivity contribution in [1.29, 1.82) is 0 Å². The predicted molar refractivity (Wildman–Crippen MR) is 103 cm³/mol. The van der Waals surface area contributed by atoms with Crippen molar-refractivity contribution in [3.05, 3.63) is 65.9 Å². The summed E-state index contributed by atoms with van der Waals surface area (Å²) in [6, 6.07) is 15.1. The first-order valence-corrected chi connectivity index (χ1v) is 8.63. The zero-order valence-electron chi connectivity index (χ0n) is 15.6. The molecule has 3 rings (SSSR count). The quantitative estimate of drug-likeness (QED) is 0.814. The van der Waals surface area contributed by atoms with E-state index >= 15 is 0 Å². The van der Waals surface area contributed by atoms with Crippen molar-refractivity contribution in [3.8, 4) is 11.5 Å². The van der Waals surface area contributed by atoms with Crippen LogP contribution in [0.3, 0.4) is 0 Å². The maximum Gasteiger partial charge on any atom is 0.330 e. The van der Waals surface area contributed by atoms with Gasteiger partial charge in [0, 0.05) is 31.8 Å². The van der Waals surface area contributed by atoms with Crippen molar-refractivity contribution < 1.29 is 19.1 Å². The molecule has 1 aliphatic heterocycles. The highest BCUT2D eigenvalue weighted by atomic mass is 16.5. The molecule has 27 heavy (non-hydrogen) atoms. The Morgan fingerprint density at radius 3 is 2.26 bits per heavy atom. The molecule has 0 N–H and O–H groups in total. The van der Waals surface area contributed by atoms with Crippen LogP contribution in [0.5, 0.6) is 11.5 Å². The van der Waals surface area contributed by atoms with E-state index in [4.69, 9.17) is 9.47 Å². The Labute approximate surface area is 158 Å². The third-order valence-corrected chi connectivity index (χ3v) is 4.49. The minimum atomic E-state index is -0.309. The summed E-state index contributed by atoms with van der Waals surface area (Å²) in [6.45, 7) is 2.25. The molecule has 0 unspecified atom stereocenters. The van der Waals surface area contributed by atoms with Crippen molar-refractivity contribution in [3.63, 3.8) is 0 Å². The summed E-state index contributed by atoms with van der Waals surface area (Å²) < 4.78 is 10.7. The Morgan fingerprint density at radius 2 is 1.67 bits per heavy atom. The van der Waals surface area contributed by atoms with E-state index in [0.29, 0.717) is 24.6 Å². The summed E-state index contributed by atoms with van der Waals surface area (Å²) in [7, 11) is 3.17. The molecule has 6 nitrogen and oxygen atoms in total. The largest absolute Gasteiger partial charge is 0.493 e. The van der Waals surface area contributed by atoms with Crippen LogP contribution in [0.4, 0.5) is 4.79 Å². The first-order chi connectivity index (χ1) is 13.0. The maximum atomic E-state index is 12.5. The lowest BCUT2D eigenvalue weighted by Crippen LogP contribution is -2.32. The molecule has 140 valence electrons. The van der Waals surface area contributed by atoms with E-state index in [1.807, 2.05) is 48.5 Å². The summed E-state index contributed by atoms with van der Waals surface area (Å²) in [6.07, 6.45) is 1.79. The van der Waals surface area contributed by atoms with Crippen molar-refractivity contribution in [2.75, 3.05) is 27.3 Å². The smallest absolute Gasteiger partial charge is 0.330 e. The highest BCUT2D eigenvalue weighted by Gasteiger charge is 2.30. The van der Waals surface area contributed by atoms with Gasteiger partial charge in [-0.15, -0.1) is 0 Å². The second-order valence-electron chi connectivity index (χ2n) is 6.13. The van der Waals surface area contributed by atoms with E-state index in [9.17, 15) is 9.59 Å². The Kier molecular flexibility index (Phi) is 5.45. The number of rotatable bonds is 5. The Hall–Kier alpha value is -3.28. The fourth-order valence-corrected chi connectivity index (χ4v) is 3.06. The van der Waals surface area contributed by atoms with Crippen molar-refractivity contribution >= 4 is 17.5 Å². The fourth-order valence-electron chi connectivity index (χ4n) is 3.06. The van der Waals surface area contributed by atoms with Crippen LogP contribution in [-0.4, -0.2) is 49.0 Å². The average molecular weight is 366 g/mol. The van der Waals surface area contributed by atoms with Gasteiger partial charge in [-0.05, 0) is 23.3 Å². The van der Waals surface area contributed by atoms with E-state index in [-0.39, 0.29) is 11.9 Å². The molecule has 0 atom stereocenters. The number of amides is 3. The average Bonchev–Trinajstić information content (AvgIpc) is 3.06. The van der Waals surface area contributed by atoms with Gasteiger partial charge in [0.2, 0.25) is 5.91 Å². The normalized spacial score (nSPS) is 14.5. The Balaban J connectivity index is 2.06. The minimum absolute atomic E-state index is 0.247. The van der Waals surface area contributed by atoms with E-state index < -0.39 is 0 Å². The monoisotopic (exact) mass is 366 g/mol. The summed E-state index contributed by atoms with van der Waals surface area (Å²) in [5.41, 5.74) is 2.70. The van der Waals surface area contributed by atoms with Crippen molar-refractivity contribution in [2.24, 2.45) is 0 Å². The minimum Gasteiger partial charge on any atom is -0.493 e. The van der Waals surface area contributed by atoms with Gasteiger partial charge in [-0.3, -0.25) is 14.6 Å². The molecular formula is C21H22N2O4. The molecule has 0 radical (unpaired) electrons. The number of urea groups is 1. The lowest BCUT2D eigenvalue weighted by atomic mass is 9.98. The van der Waals surface area contributed by atoms with Gasteiger partial charge in [0.1, 0.15) is 0 Å². The Bertz CT molecular complexity index is 877. The molecule has 1 fully saturated rings. The summed E-state index contributed by atoms with van der Waals surface area (Å²) in [5.74, 6) is 0.992. The van der Waals surface area contributed by atoms with Crippen LogP contribution in [0, 0.1) is 0 Å². The zero-order valence-corrected chi connectivity index (χ0v) is 15.6. The number of benzene rings is 2. The van der Waals surface area contributed by atoms with E-state index in [1.165, 1.54) is 11.8 Å². The SMILES string of the molecule is COc1ccc(C(=CN2CCN(C(C)=O)C2=O)c2ccccc2)cc1OC. The molecule has 0 spiro atoms. The molecule has 2 aromatic rings. The van der Waals surface area contributed by atoms with Gasteiger partial charge in [-0.2, -0.15) is 0 Å². The third kappa shape index (κ3) is 3.79. The Morgan fingerprint density at radius 1 is 0.963 bits per heavy atom. The summed E-state index contributed by atoms with van der Waals surface area (Å²) >= 11 is 0. The van der Waals surface area contributed by atoms with Crippen LogP contribution in [-0.2, 0) is 4.79 Å². The number of carbonyl (C=O) groups is 2. The number of nitrogens with zero attached hydrogens (tertiary/aromatic N) is 2. The zero-order chi connectivity index (χ0) is 19.4. The van der Waals surface area contributed by atoms with Gasteiger partial charge in [0.25, 0.3) is 0 Å². The van der Waals surface area contributed by atoms with Gasteiger partial charge in [0.05, 0.1) is 14.2 Å². The first-order valence-electron chi connectivity index (χ1n) is 8.63. The van der Waals surface area contributed by atoms with Gasteiger partial charge in [-0.1, -0.05) is 36.4 Å².